The minimum atomic E-state index is -3.85. The number of aryl methyl sites for hydroxylation is 2. The van der Waals surface area contributed by atoms with Gasteiger partial charge < -0.3 is 14.6 Å². The maximum atomic E-state index is 12.7. The van der Waals surface area contributed by atoms with Crippen molar-refractivity contribution in [2.75, 3.05) is 22.9 Å². The number of amides is 1. The summed E-state index contributed by atoms with van der Waals surface area (Å²) in [5.41, 5.74) is 1.91. The number of nitrogens with zero attached hydrogens (tertiary/aromatic N) is 5. The summed E-state index contributed by atoms with van der Waals surface area (Å²) in [6.07, 6.45) is 0. The molecule has 192 valence electrons. The first-order valence-corrected chi connectivity index (χ1v) is 13.5. The molecule has 0 saturated carbocycles. The van der Waals surface area contributed by atoms with Crippen molar-refractivity contribution in [2.24, 2.45) is 7.05 Å². The highest BCUT2D eigenvalue weighted by Crippen LogP contribution is 2.30. The molecule has 0 atom stereocenters. The van der Waals surface area contributed by atoms with Gasteiger partial charge in [0.2, 0.25) is 5.91 Å². The molecular weight excluding hydrogens is 514 g/mol. The summed E-state index contributed by atoms with van der Waals surface area (Å²) in [5.74, 6) is 1.77. The lowest BCUT2D eigenvalue weighted by molar-refractivity contribution is -0.113. The highest BCUT2D eigenvalue weighted by atomic mass is 32.2. The van der Waals surface area contributed by atoms with E-state index in [4.69, 9.17) is 4.74 Å². The van der Waals surface area contributed by atoms with Crippen LogP contribution in [0.25, 0.3) is 11.4 Å². The predicted molar refractivity (Wildman–Crippen MR) is 141 cm³/mol. The highest BCUT2D eigenvalue weighted by molar-refractivity contribution is 7.99. The van der Waals surface area contributed by atoms with Crippen molar-refractivity contribution in [1.82, 2.24) is 24.7 Å². The van der Waals surface area contributed by atoms with Crippen LogP contribution in [0.3, 0.4) is 0 Å². The molecule has 0 unspecified atom stereocenters. The van der Waals surface area contributed by atoms with Gasteiger partial charge in [0.05, 0.1) is 23.3 Å². The molecule has 2 heterocycles. The molecule has 2 aromatic heterocycles. The van der Waals surface area contributed by atoms with E-state index in [-0.39, 0.29) is 22.4 Å². The third-order valence-electron chi connectivity index (χ3n) is 5.17. The minimum Gasteiger partial charge on any atom is -0.496 e. The van der Waals surface area contributed by atoms with Gasteiger partial charge >= 0.3 is 0 Å². The molecule has 2 N–H and O–H groups in total. The Kier molecular flexibility index (Phi) is 7.74. The number of sulfonamides is 1. The van der Waals surface area contributed by atoms with Crippen LogP contribution in [0, 0.1) is 13.8 Å². The molecule has 1 amide bonds. The van der Waals surface area contributed by atoms with E-state index in [0.717, 1.165) is 5.56 Å². The number of hydrogen-bond acceptors (Lipinski definition) is 9. The maximum absolute atomic E-state index is 12.7. The molecule has 37 heavy (non-hydrogen) atoms. The van der Waals surface area contributed by atoms with Crippen LogP contribution in [0.4, 0.5) is 11.5 Å². The molecule has 13 heteroatoms. The van der Waals surface area contributed by atoms with Crippen LogP contribution in [0.15, 0.2) is 64.6 Å². The topological polar surface area (TPSA) is 141 Å². The van der Waals surface area contributed by atoms with Gasteiger partial charge in [0.25, 0.3) is 10.0 Å². The molecule has 0 saturated heterocycles. The van der Waals surface area contributed by atoms with Crippen LogP contribution in [0.1, 0.15) is 11.5 Å². The second-order valence-electron chi connectivity index (χ2n) is 7.97. The quantitative estimate of drug-likeness (QED) is 0.306. The Labute approximate surface area is 218 Å². The van der Waals surface area contributed by atoms with Crippen molar-refractivity contribution in [2.45, 2.75) is 23.9 Å². The van der Waals surface area contributed by atoms with Gasteiger partial charge in [-0.3, -0.25) is 9.52 Å². The Morgan fingerprint density at radius 2 is 1.78 bits per heavy atom. The summed E-state index contributed by atoms with van der Waals surface area (Å²) in [7, 11) is -0.443. The summed E-state index contributed by atoms with van der Waals surface area (Å²) in [6, 6.07) is 14.9. The molecule has 0 aliphatic carbocycles. The van der Waals surface area contributed by atoms with Gasteiger partial charge in [0, 0.05) is 24.5 Å². The third-order valence-corrected chi connectivity index (χ3v) is 7.56. The molecule has 4 aromatic rings. The number of nitrogens with one attached hydrogen (secondary N) is 2. The average molecular weight is 540 g/mol. The number of methoxy groups -OCH3 is 1. The number of carbonyl (C=O) groups is 1. The number of carbonyl (C=O) groups excluding carboxylic acids is 1. The maximum Gasteiger partial charge on any atom is 0.263 e. The summed E-state index contributed by atoms with van der Waals surface area (Å²) in [4.78, 5) is 20.8. The zero-order chi connectivity index (χ0) is 26.6. The first-order chi connectivity index (χ1) is 17.7. The van der Waals surface area contributed by atoms with Gasteiger partial charge in [-0.15, -0.1) is 10.2 Å². The van der Waals surface area contributed by atoms with Gasteiger partial charge in [-0.05, 0) is 50.2 Å². The normalized spacial score (nSPS) is 11.2. The van der Waals surface area contributed by atoms with E-state index < -0.39 is 10.0 Å². The standard InChI is InChI=1S/C24H25N7O4S2/c1-15-13-21(26-16(2)25-15)30-37(33,34)18-11-9-17(10-12-18)27-22(32)14-36-24-29-28-23(31(24)3)19-7-5-6-8-20(19)35-4/h5-13H,14H2,1-4H3,(H,27,32)(H,25,26,30). The smallest absolute Gasteiger partial charge is 0.263 e. The zero-order valence-corrected chi connectivity index (χ0v) is 22.2. The second kappa shape index (κ2) is 11.0. The van der Waals surface area contributed by atoms with Crippen molar-refractivity contribution in [3.63, 3.8) is 0 Å². The van der Waals surface area contributed by atoms with Crippen molar-refractivity contribution in [3.05, 3.63) is 66.1 Å². The van der Waals surface area contributed by atoms with Crippen LogP contribution in [0.2, 0.25) is 0 Å². The number of thioether (sulfide) groups is 1. The van der Waals surface area contributed by atoms with Gasteiger partial charge in [-0.25, -0.2) is 18.4 Å². The van der Waals surface area contributed by atoms with Gasteiger partial charge in [0.15, 0.2) is 11.0 Å². The highest BCUT2D eigenvalue weighted by Gasteiger charge is 2.17. The summed E-state index contributed by atoms with van der Waals surface area (Å²) < 4.78 is 35.1. The van der Waals surface area contributed by atoms with Crippen molar-refractivity contribution < 1.29 is 17.9 Å². The molecule has 0 aliphatic rings. The second-order valence-corrected chi connectivity index (χ2v) is 10.6. The van der Waals surface area contributed by atoms with Gasteiger partial charge in [-0.1, -0.05) is 23.9 Å². The Morgan fingerprint density at radius 1 is 1.05 bits per heavy atom. The Balaban J connectivity index is 1.37. The first kappa shape index (κ1) is 26.1. The van der Waals surface area contributed by atoms with E-state index >= 15 is 0 Å². The first-order valence-electron chi connectivity index (χ1n) is 11.1. The summed E-state index contributed by atoms with van der Waals surface area (Å²) >= 11 is 1.23. The van der Waals surface area contributed by atoms with Crippen LogP contribution in [0.5, 0.6) is 5.75 Å². The fraction of sp³-hybridized carbons (Fsp3) is 0.208. The van der Waals surface area contributed by atoms with Crippen LogP contribution in [-0.4, -0.2) is 51.9 Å². The number of anilines is 2. The number of ether oxygens (including phenoxy) is 1. The van der Waals surface area contributed by atoms with E-state index in [2.05, 4.69) is 30.2 Å². The Bertz CT molecular complexity index is 1520. The molecule has 0 fully saturated rings. The molecule has 0 bridgehead atoms. The molecule has 4 rings (SSSR count). The average Bonchev–Trinajstić information content (AvgIpc) is 3.22. The molecular formula is C24H25N7O4S2. The summed E-state index contributed by atoms with van der Waals surface area (Å²) in [5, 5.41) is 11.8. The lowest BCUT2D eigenvalue weighted by Crippen LogP contribution is -2.16. The van der Waals surface area contributed by atoms with E-state index in [1.165, 1.54) is 36.0 Å². The monoisotopic (exact) mass is 539 g/mol. The van der Waals surface area contributed by atoms with Crippen molar-refractivity contribution in [3.8, 4) is 17.1 Å². The molecule has 0 spiro atoms. The molecule has 0 radical (unpaired) electrons. The molecule has 11 nitrogen and oxygen atoms in total. The van der Waals surface area contributed by atoms with E-state index in [0.29, 0.717) is 33.9 Å². The van der Waals surface area contributed by atoms with E-state index in [1.54, 1.807) is 31.6 Å². The zero-order valence-electron chi connectivity index (χ0n) is 20.6. The van der Waals surface area contributed by atoms with Crippen LogP contribution < -0.4 is 14.8 Å². The minimum absolute atomic E-state index is 0.0387. The Hall–Kier alpha value is -3.97. The van der Waals surface area contributed by atoms with Crippen molar-refractivity contribution >= 4 is 39.2 Å². The lowest BCUT2D eigenvalue weighted by atomic mass is 10.2. The number of aromatic nitrogens is 5. The van der Waals surface area contributed by atoms with Gasteiger partial charge in [0.1, 0.15) is 17.4 Å². The van der Waals surface area contributed by atoms with E-state index in [9.17, 15) is 13.2 Å². The SMILES string of the molecule is COc1ccccc1-c1nnc(SCC(=O)Nc2ccc(S(=O)(=O)Nc3cc(C)nc(C)n3)cc2)n1C. The van der Waals surface area contributed by atoms with Crippen LogP contribution in [-0.2, 0) is 21.9 Å². The van der Waals surface area contributed by atoms with E-state index in [1.807, 2.05) is 31.3 Å². The number of rotatable bonds is 9. The largest absolute Gasteiger partial charge is 0.496 e. The lowest BCUT2D eigenvalue weighted by Gasteiger charge is -2.10. The Morgan fingerprint density at radius 3 is 2.49 bits per heavy atom. The molecule has 0 aliphatic heterocycles. The number of benzene rings is 2. The fourth-order valence-electron chi connectivity index (χ4n) is 3.51. The third kappa shape index (κ3) is 6.24. The summed E-state index contributed by atoms with van der Waals surface area (Å²) in [6.45, 7) is 3.44. The van der Waals surface area contributed by atoms with Crippen LogP contribution >= 0.6 is 11.8 Å². The number of hydrogen-bond donors (Lipinski definition) is 2. The number of para-hydroxylation sites is 1. The van der Waals surface area contributed by atoms with Gasteiger partial charge in [-0.2, -0.15) is 0 Å². The predicted octanol–water partition coefficient (Wildman–Crippen LogP) is 3.43. The molecule has 2 aromatic carbocycles. The fourth-order valence-corrected chi connectivity index (χ4v) is 5.22. The van der Waals surface area contributed by atoms with Crippen molar-refractivity contribution in [1.29, 1.82) is 0 Å².